The van der Waals surface area contributed by atoms with E-state index >= 15 is 0 Å². The van der Waals surface area contributed by atoms with Crippen LogP contribution in [0.15, 0.2) is 29.2 Å². The lowest BCUT2D eigenvalue weighted by Crippen LogP contribution is -2.35. The molecule has 1 unspecified atom stereocenters. The summed E-state index contributed by atoms with van der Waals surface area (Å²) >= 11 is 1.53. The number of benzene rings is 1. The van der Waals surface area contributed by atoms with Crippen LogP contribution in [0.3, 0.4) is 0 Å². The quantitative estimate of drug-likeness (QED) is 0.680. The molecule has 0 heterocycles. The van der Waals surface area contributed by atoms with Crippen molar-refractivity contribution in [2.75, 3.05) is 6.26 Å². The summed E-state index contributed by atoms with van der Waals surface area (Å²) in [5, 5.41) is 2.57. The molecule has 5 heteroatoms. The highest BCUT2D eigenvalue weighted by Gasteiger charge is 2.21. The summed E-state index contributed by atoms with van der Waals surface area (Å²) in [6.45, 7) is 5.33. The van der Waals surface area contributed by atoms with Gasteiger partial charge >= 0.3 is 6.09 Å². The van der Waals surface area contributed by atoms with E-state index in [0.29, 0.717) is 6.29 Å². The van der Waals surface area contributed by atoms with Gasteiger partial charge in [0.1, 0.15) is 17.9 Å². The molecule has 1 aromatic rings. The fourth-order valence-corrected chi connectivity index (χ4v) is 2.19. The van der Waals surface area contributed by atoms with E-state index in [-0.39, 0.29) is 0 Å². The van der Waals surface area contributed by atoms with E-state index < -0.39 is 17.7 Å². The Kier molecular flexibility index (Phi) is 5.42. The highest BCUT2D eigenvalue weighted by atomic mass is 32.2. The fourth-order valence-electron chi connectivity index (χ4n) is 1.54. The summed E-state index contributed by atoms with van der Waals surface area (Å²) < 4.78 is 5.15. The maximum atomic E-state index is 11.7. The van der Waals surface area contributed by atoms with Crippen LogP contribution in [-0.2, 0) is 9.53 Å². The van der Waals surface area contributed by atoms with Crippen molar-refractivity contribution in [3.8, 4) is 0 Å². The third-order valence-corrected chi connectivity index (χ3v) is 3.09. The first-order valence-electron chi connectivity index (χ1n) is 5.95. The van der Waals surface area contributed by atoms with Gasteiger partial charge in [-0.2, -0.15) is 0 Å². The number of amides is 1. The van der Waals surface area contributed by atoms with Crippen molar-refractivity contribution in [3.05, 3.63) is 29.8 Å². The van der Waals surface area contributed by atoms with Crippen LogP contribution in [0.25, 0.3) is 0 Å². The molecule has 1 atom stereocenters. The fraction of sp³-hybridized carbons (Fsp3) is 0.429. The zero-order chi connectivity index (χ0) is 14.5. The number of ether oxygens (including phenoxy) is 1. The summed E-state index contributed by atoms with van der Waals surface area (Å²) in [5.41, 5.74) is 0.187. The highest BCUT2D eigenvalue weighted by molar-refractivity contribution is 7.98. The molecule has 0 aliphatic rings. The second kappa shape index (κ2) is 6.61. The minimum Gasteiger partial charge on any atom is -0.444 e. The molecular weight excluding hydrogens is 262 g/mol. The molecule has 0 aromatic heterocycles. The molecule has 1 aromatic carbocycles. The molecule has 104 valence electrons. The number of carbonyl (C=O) groups excluding carboxylic acids is 2. The van der Waals surface area contributed by atoms with Gasteiger partial charge in [-0.05, 0) is 38.7 Å². The second-order valence-electron chi connectivity index (χ2n) is 5.00. The lowest BCUT2D eigenvalue weighted by atomic mass is 10.1. The maximum Gasteiger partial charge on any atom is 0.408 e. The lowest BCUT2D eigenvalue weighted by Gasteiger charge is -2.22. The molecule has 1 rings (SSSR count). The lowest BCUT2D eigenvalue weighted by molar-refractivity contribution is -0.109. The van der Waals surface area contributed by atoms with Gasteiger partial charge in [-0.15, -0.1) is 11.8 Å². The molecule has 0 aliphatic heterocycles. The monoisotopic (exact) mass is 281 g/mol. The third kappa shape index (κ3) is 4.95. The first kappa shape index (κ1) is 15.6. The molecule has 0 fully saturated rings. The first-order chi connectivity index (χ1) is 8.87. The molecule has 0 radical (unpaired) electrons. The van der Waals surface area contributed by atoms with Crippen molar-refractivity contribution in [1.82, 2.24) is 5.32 Å². The molecule has 0 saturated carbocycles. The molecule has 0 spiro atoms. The van der Waals surface area contributed by atoms with Gasteiger partial charge in [0.2, 0.25) is 0 Å². The van der Waals surface area contributed by atoms with E-state index in [1.807, 2.05) is 30.5 Å². The summed E-state index contributed by atoms with van der Waals surface area (Å²) in [5.74, 6) is 0. The average molecular weight is 281 g/mol. The largest absolute Gasteiger partial charge is 0.444 e. The summed E-state index contributed by atoms with van der Waals surface area (Å²) in [6, 6.07) is 6.77. The van der Waals surface area contributed by atoms with Crippen LogP contribution in [0.5, 0.6) is 0 Å². The summed E-state index contributed by atoms with van der Waals surface area (Å²) in [4.78, 5) is 23.9. The topological polar surface area (TPSA) is 55.4 Å². The van der Waals surface area contributed by atoms with Crippen molar-refractivity contribution in [1.29, 1.82) is 0 Å². The highest BCUT2D eigenvalue weighted by Crippen LogP contribution is 2.25. The number of alkyl carbamates (subject to hydrolysis) is 1. The molecule has 19 heavy (non-hydrogen) atoms. The predicted molar refractivity (Wildman–Crippen MR) is 76.4 cm³/mol. The third-order valence-electron chi connectivity index (χ3n) is 2.28. The van der Waals surface area contributed by atoms with Gasteiger partial charge in [-0.25, -0.2) is 4.79 Å². The van der Waals surface area contributed by atoms with Gasteiger partial charge in [0.05, 0.1) is 0 Å². The standard InChI is InChI=1S/C14H19NO3S/c1-14(2,3)18-13(17)15-11(9-16)10-7-5-6-8-12(10)19-4/h5-9,11H,1-4H3,(H,15,17). The minimum atomic E-state index is -0.696. The first-order valence-corrected chi connectivity index (χ1v) is 7.17. The van der Waals surface area contributed by atoms with Crippen molar-refractivity contribution in [2.24, 2.45) is 0 Å². The summed E-state index contributed by atoms with van der Waals surface area (Å²) in [6.07, 6.45) is 2.04. The van der Waals surface area contributed by atoms with Crippen LogP contribution in [0.4, 0.5) is 4.79 Å². The normalized spacial score (nSPS) is 12.6. The predicted octanol–water partition coefficient (Wildman–Crippen LogP) is 3.17. The Labute approximate surface area is 117 Å². The van der Waals surface area contributed by atoms with E-state index in [4.69, 9.17) is 4.74 Å². The molecule has 0 aliphatic carbocycles. The van der Waals surface area contributed by atoms with Crippen LogP contribution in [0, 0.1) is 0 Å². The number of aldehydes is 1. The Hall–Kier alpha value is -1.49. The van der Waals surface area contributed by atoms with E-state index in [0.717, 1.165) is 10.5 Å². The van der Waals surface area contributed by atoms with Crippen molar-refractivity contribution < 1.29 is 14.3 Å². The minimum absolute atomic E-state index is 0.587. The Bertz CT molecular complexity index is 454. The number of rotatable bonds is 4. The number of carbonyl (C=O) groups is 2. The van der Waals surface area contributed by atoms with E-state index in [1.54, 1.807) is 20.8 Å². The van der Waals surface area contributed by atoms with Gasteiger partial charge in [-0.1, -0.05) is 18.2 Å². The molecule has 1 amide bonds. The van der Waals surface area contributed by atoms with Crippen molar-refractivity contribution in [2.45, 2.75) is 37.3 Å². The molecule has 4 nitrogen and oxygen atoms in total. The van der Waals surface area contributed by atoms with Crippen LogP contribution < -0.4 is 5.32 Å². The Morgan fingerprint density at radius 2 is 2.00 bits per heavy atom. The molecular formula is C14H19NO3S. The van der Waals surface area contributed by atoms with Gasteiger partial charge in [0.15, 0.2) is 0 Å². The van der Waals surface area contributed by atoms with Crippen molar-refractivity contribution >= 4 is 24.1 Å². The second-order valence-corrected chi connectivity index (χ2v) is 5.85. The molecule has 0 saturated heterocycles. The maximum absolute atomic E-state index is 11.7. The number of hydrogen-bond acceptors (Lipinski definition) is 4. The van der Waals surface area contributed by atoms with Crippen LogP contribution in [0.1, 0.15) is 32.4 Å². The van der Waals surface area contributed by atoms with Gasteiger partial charge in [-0.3, -0.25) is 0 Å². The van der Waals surface area contributed by atoms with Gasteiger partial charge in [0, 0.05) is 4.90 Å². The Morgan fingerprint density at radius 3 is 2.53 bits per heavy atom. The smallest absolute Gasteiger partial charge is 0.408 e. The van der Waals surface area contributed by atoms with Crippen LogP contribution >= 0.6 is 11.8 Å². The number of thioether (sulfide) groups is 1. The molecule has 0 bridgehead atoms. The van der Waals surface area contributed by atoms with Crippen LogP contribution in [-0.4, -0.2) is 24.2 Å². The SMILES string of the molecule is CSc1ccccc1C(C=O)NC(=O)OC(C)(C)C. The average Bonchev–Trinajstić information content (AvgIpc) is 2.33. The van der Waals surface area contributed by atoms with Gasteiger partial charge < -0.3 is 14.8 Å². The van der Waals surface area contributed by atoms with E-state index in [2.05, 4.69) is 5.32 Å². The Balaban J connectivity index is 2.84. The van der Waals surface area contributed by atoms with E-state index in [1.165, 1.54) is 11.8 Å². The number of nitrogens with one attached hydrogen (secondary N) is 1. The molecule has 1 N–H and O–H groups in total. The zero-order valence-corrected chi connectivity index (χ0v) is 12.4. The zero-order valence-electron chi connectivity index (χ0n) is 11.6. The van der Waals surface area contributed by atoms with Crippen molar-refractivity contribution in [3.63, 3.8) is 0 Å². The summed E-state index contributed by atoms with van der Waals surface area (Å²) in [7, 11) is 0. The Morgan fingerprint density at radius 1 is 1.37 bits per heavy atom. The van der Waals surface area contributed by atoms with E-state index in [9.17, 15) is 9.59 Å². The van der Waals surface area contributed by atoms with Gasteiger partial charge in [0.25, 0.3) is 0 Å². The number of hydrogen-bond donors (Lipinski definition) is 1. The van der Waals surface area contributed by atoms with Crippen LogP contribution in [0.2, 0.25) is 0 Å².